The lowest BCUT2D eigenvalue weighted by Crippen LogP contribution is -1.97. The highest BCUT2D eigenvalue weighted by molar-refractivity contribution is 9.10. The molecule has 0 N–H and O–H groups in total. The van der Waals surface area contributed by atoms with Crippen LogP contribution in [0.15, 0.2) is 47.1 Å². The van der Waals surface area contributed by atoms with Gasteiger partial charge in [0.2, 0.25) is 5.88 Å². The van der Waals surface area contributed by atoms with Crippen LogP contribution in [0.5, 0.6) is 5.88 Å². The third-order valence-electron chi connectivity index (χ3n) is 1.97. The Morgan fingerprint density at radius 3 is 2.75 bits per heavy atom. The Labute approximate surface area is 101 Å². The van der Waals surface area contributed by atoms with Crippen LogP contribution in [-0.4, -0.2) is 4.98 Å². The second-order valence-corrected chi connectivity index (χ2v) is 4.03. The van der Waals surface area contributed by atoms with Crippen molar-refractivity contribution in [3.63, 3.8) is 0 Å². The Bertz CT molecular complexity index is 444. The molecule has 0 aliphatic carbocycles. The van der Waals surface area contributed by atoms with Crippen molar-refractivity contribution in [1.29, 1.82) is 0 Å². The minimum absolute atomic E-state index is 0.261. The predicted octanol–water partition coefficient (Wildman–Crippen LogP) is 3.56. The molecule has 0 bridgehead atoms. The molecule has 2 rings (SSSR count). The van der Waals surface area contributed by atoms with Crippen LogP contribution in [0.1, 0.15) is 5.56 Å². The molecule has 0 amide bonds. The zero-order valence-electron chi connectivity index (χ0n) is 8.36. The molecule has 0 aliphatic heterocycles. The molecule has 1 aromatic carbocycles. The van der Waals surface area contributed by atoms with Gasteiger partial charge in [0.25, 0.3) is 0 Å². The van der Waals surface area contributed by atoms with Crippen LogP contribution in [0.4, 0.5) is 4.39 Å². The number of aromatic nitrogens is 1. The molecule has 0 saturated carbocycles. The van der Waals surface area contributed by atoms with Gasteiger partial charge in [-0.15, -0.1) is 0 Å². The van der Waals surface area contributed by atoms with Gasteiger partial charge in [-0.3, -0.25) is 0 Å². The maximum atomic E-state index is 12.9. The van der Waals surface area contributed by atoms with Crippen LogP contribution in [0.2, 0.25) is 0 Å². The second kappa shape index (κ2) is 5.07. The lowest BCUT2D eigenvalue weighted by Gasteiger charge is -2.05. The monoisotopic (exact) mass is 281 g/mol. The van der Waals surface area contributed by atoms with E-state index in [9.17, 15) is 4.39 Å². The van der Waals surface area contributed by atoms with Crippen molar-refractivity contribution < 1.29 is 9.13 Å². The summed E-state index contributed by atoms with van der Waals surface area (Å²) in [5, 5.41) is 0. The number of halogens is 2. The zero-order chi connectivity index (χ0) is 11.4. The van der Waals surface area contributed by atoms with Crippen molar-refractivity contribution in [3.05, 3.63) is 58.4 Å². The summed E-state index contributed by atoms with van der Waals surface area (Å²) in [6.07, 6.45) is 0. The van der Waals surface area contributed by atoms with Gasteiger partial charge in [-0.25, -0.2) is 9.37 Å². The number of hydrogen-bond acceptors (Lipinski definition) is 2. The Hall–Kier alpha value is -1.42. The summed E-state index contributed by atoms with van der Waals surface area (Å²) in [5.41, 5.74) is 0.779. The van der Waals surface area contributed by atoms with E-state index in [1.165, 1.54) is 12.1 Å². The van der Waals surface area contributed by atoms with E-state index in [2.05, 4.69) is 20.9 Å². The molecule has 1 heterocycles. The highest BCUT2D eigenvalue weighted by Gasteiger charge is 1.99. The highest BCUT2D eigenvalue weighted by Crippen LogP contribution is 2.14. The first-order valence-electron chi connectivity index (χ1n) is 4.74. The van der Waals surface area contributed by atoms with Gasteiger partial charge in [-0.2, -0.15) is 0 Å². The van der Waals surface area contributed by atoms with Crippen molar-refractivity contribution in [3.8, 4) is 5.88 Å². The Balaban J connectivity index is 2.02. The van der Waals surface area contributed by atoms with Gasteiger partial charge >= 0.3 is 0 Å². The summed E-state index contributed by atoms with van der Waals surface area (Å²) in [5.74, 6) is 0.252. The molecule has 4 heteroatoms. The molecule has 0 aliphatic rings. The van der Waals surface area contributed by atoms with Crippen LogP contribution in [0.3, 0.4) is 0 Å². The molecular weight excluding hydrogens is 273 g/mol. The maximum absolute atomic E-state index is 12.9. The highest BCUT2D eigenvalue weighted by atomic mass is 79.9. The molecule has 0 fully saturated rings. The van der Waals surface area contributed by atoms with Gasteiger partial charge in [0.15, 0.2) is 0 Å². The lowest BCUT2D eigenvalue weighted by molar-refractivity contribution is 0.293. The van der Waals surface area contributed by atoms with Gasteiger partial charge in [0.1, 0.15) is 17.0 Å². The van der Waals surface area contributed by atoms with Crippen molar-refractivity contribution in [2.45, 2.75) is 6.61 Å². The normalized spacial score (nSPS) is 10.1. The van der Waals surface area contributed by atoms with E-state index in [-0.39, 0.29) is 5.82 Å². The van der Waals surface area contributed by atoms with Crippen molar-refractivity contribution >= 4 is 15.9 Å². The Kier molecular flexibility index (Phi) is 3.51. The molecule has 2 nitrogen and oxygen atoms in total. The van der Waals surface area contributed by atoms with E-state index in [4.69, 9.17) is 4.74 Å². The fraction of sp³-hybridized carbons (Fsp3) is 0.0833. The van der Waals surface area contributed by atoms with E-state index in [1.54, 1.807) is 18.2 Å². The SMILES string of the molecule is Fc1cccc(COc2cccc(Br)n2)c1. The summed E-state index contributed by atoms with van der Waals surface area (Å²) >= 11 is 3.25. The molecular formula is C12H9BrFNO. The van der Waals surface area contributed by atoms with Gasteiger partial charge in [-0.1, -0.05) is 18.2 Å². The molecule has 16 heavy (non-hydrogen) atoms. The number of hydrogen-bond donors (Lipinski definition) is 0. The van der Waals surface area contributed by atoms with Gasteiger partial charge in [0.05, 0.1) is 0 Å². The first-order chi connectivity index (χ1) is 7.74. The van der Waals surface area contributed by atoms with Gasteiger partial charge in [0, 0.05) is 6.07 Å². The van der Waals surface area contributed by atoms with Crippen molar-refractivity contribution in [2.75, 3.05) is 0 Å². The minimum Gasteiger partial charge on any atom is -0.473 e. The van der Waals surface area contributed by atoms with Crippen molar-refractivity contribution in [1.82, 2.24) is 4.98 Å². The average molecular weight is 282 g/mol. The Morgan fingerprint density at radius 2 is 2.00 bits per heavy atom. The fourth-order valence-corrected chi connectivity index (χ4v) is 1.58. The summed E-state index contributed by atoms with van der Waals surface area (Å²) in [6, 6.07) is 11.7. The molecule has 0 spiro atoms. The molecule has 0 radical (unpaired) electrons. The van der Waals surface area contributed by atoms with E-state index in [0.29, 0.717) is 17.1 Å². The number of nitrogens with zero attached hydrogens (tertiary/aromatic N) is 1. The standard InChI is InChI=1S/C12H9BrFNO/c13-11-5-2-6-12(15-11)16-8-9-3-1-4-10(14)7-9/h1-7H,8H2. The third kappa shape index (κ3) is 3.03. The second-order valence-electron chi connectivity index (χ2n) is 3.22. The fourth-order valence-electron chi connectivity index (χ4n) is 1.25. The maximum Gasteiger partial charge on any atom is 0.214 e. The molecule has 2 aromatic rings. The number of rotatable bonds is 3. The summed E-state index contributed by atoms with van der Waals surface area (Å²) in [6.45, 7) is 0.307. The van der Waals surface area contributed by atoms with Crippen LogP contribution < -0.4 is 4.74 Å². The zero-order valence-corrected chi connectivity index (χ0v) is 9.95. The predicted molar refractivity (Wildman–Crippen MR) is 62.7 cm³/mol. The number of ether oxygens (including phenoxy) is 1. The van der Waals surface area contributed by atoms with Gasteiger partial charge in [-0.05, 0) is 39.7 Å². The van der Waals surface area contributed by atoms with Crippen molar-refractivity contribution in [2.24, 2.45) is 0 Å². The van der Waals surface area contributed by atoms with Gasteiger partial charge < -0.3 is 4.74 Å². The summed E-state index contributed by atoms with van der Waals surface area (Å²) in [7, 11) is 0. The number of pyridine rings is 1. The smallest absolute Gasteiger partial charge is 0.214 e. The average Bonchev–Trinajstić information content (AvgIpc) is 2.27. The first-order valence-corrected chi connectivity index (χ1v) is 5.53. The van der Waals surface area contributed by atoms with Crippen LogP contribution in [0.25, 0.3) is 0 Å². The minimum atomic E-state index is -0.261. The molecule has 1 aromatic heterocycles. The lowest BCUT2D eigenvalue weighted by atomic mass is 10.2. The molecule has 82 valence electrons. The number of benzene rings is 1. The summed E-state index contributed by atoms with van der Waals surface area (Å²) < 4.78 is 19.0. The molecule has 0 unspecified atom stereocenters. The molecule has 0 atom stereocenters. The summed E-state index contributed by atoms with van der Waals surface area (Å²) in [4.78, 5) is 4.11. The topological polar surface area (TPSA) is 22.1 Å². The quantitative estimate of drug-likeness (QED) is 0.803. The van der Waals surface area contributed by atoms with E-state index >= 15 is 0 Å². The van der Waals surface area contributed by atoms with Crippen LogP contribution in [0, 0.1) is 5.82 Å². The first kappa shape index (κ1) is 11.1. The third-order valence-corrected chi connectivity index (χ3v) is 2.41. The largest absolute Gasteiger partial charge is 0.473 e. The van der Waals surface area contributed by atoms with Crippen LogP contribution in [-0.2, 0) is 6.61 Å². The van der Waals surface area contributed by atoms with Crippen LogP contribution >= 0.6 is 15.9 Å². The van der Waals surface area contributed by atoms with E-state index in [1.807, 2.05) is 12.1 Å². The molecule has 0 saturated heterocycles. The van der Waals surface area contributed by atoms with E-state index < -0.39 is 0 Å². The Morgan fingerprint density at radius 1 is 1.19 bits per heavy atom. The van der Waals surface area contributed by atoms with E-state index in [0.717, 1.165) is 5.56 Å².